The number of oxazole rings is 1. The predicted molar refractivity (Wildman–Crippen MR) is 107 cm³/mol. The van der Waals surface area contributed by atoms with E-state index in [0.717, 1.165) is 11.4 Å². The number of aromatic nitrogens is 5. The maximum Gasteiger partial charge on any atom is 0.277 e. The molecular weight excluding hydrogens is 386 g/mol. The van der Waals surface area contributed by atoms with Gasteiger partial charge in [-0.05, 0) is 38.1 Å². The Labute approximate surface area is 170 Å². The molecule has 0 fully saturated rings. The molecule has 4 rings (SSSR count). The zero-order valence-corrected chi connectivity index (χ0v) is 16.2. The molecule has 0 unspecified atom stereocenters. The van der Waals surface area contributed by atoms with Crippen LogP contribution in [0, 0.1) is 13.8 Å². The summed E-state index contributed by atoms with van der Waals surface area (Å²) in [7, 11) is 0. The van der Waals surface area contributed by atoms with Gasteiger partial charge in [0, 0.05) is 23.1 Å². The highest BCUT2D eigenvalue weighted by Gasteiger charge is 2.20. The summed E-state index contributed by atoms with van der Waals surface area (Å²) in [5.41, 5.74) is 8.45. The maximum absolute atomic E-state index is 12.6. The Kier molecular flexibility index (Phi) is 4.80. The number of nitrogens with two attached hydrogens (primary N) is 1. The van der Waals surface area contributed by atoms with Crippen molar-refractivity contribution in [2.75, 3.05) is 5.32 Å². The molecule has 2 amide bonds. The third-order valence-corrected chi connectivity index (χ3v) is 4.24. The summed E-state index contributed by atoms with van der Waals surface area (Å²) in [6.07, 6.45) is 5.94. The van der Waals surface area contributed by atoms with Gasteiger partial charge in [-0.3, -0.25) is 19.6 Å². The first-order valence-corrected chi connectivity index (χ1v) is 8.93. The van der Waals surface area contributed by atoms with Crippen molar-refractivity contribution in [1.29, 1.82) is 0 Å². The van der Waals surface area contributed by atoms with E-state index in [1.807, 2.05) is 13.8 Å². The first-order valence-electron chi connectivity index (χ1n) is 8.93. The van der Waals surface area contributed by atoms with Crippen molar-refractivity contribution < 1.29 is 14.0 Å². The highest BCUT2D eigenvalue weighted by molar-refractivity contribution is 6.07. The molecule has 0 bridgehead atoms. The largest absolute Gasteiger partial charge is 0.444 e. The average molecular weight is 403 g/mol. The van der Waals surface area contributed by atoms with E-state index in [4.69, 9.17) is 10.2 Å². The minimum Gasteiger partial charge on any atom is -0.444 e. The predicted octanol–water partition coefficient (Wildman–Crippen LogP) is 2.29. The van der Waals surface area contributed by atoms with E-state index in [9.17, 15) is 9.59 Å². The summed E-state index contributed by atoms with van der Waals surface area (Å²) < 4.78 is 6.82. The Morgan fingerprint density at radius 1 is 1.13 bits per heavy atom. The lowest BCUT2D eigenvalue weighted by Crippen LogP contribution is -2.18. The molecule has 150 valence electrons. The van der Waals surface area contributed by atoms with Crippen molar-refractivity contribution in [2.45, 2.75) is 13.8 Å². The van der Waals surface area contributed by atoms with Crippen molar-refractivity contribution in [2.24, 2.45) is 5.73 Å². The summed E-state index contributed by atoms with van der Waals surface area (Å²) in [4.78, 5) is 37.0. The van der Waals surface area contributed by atoms with E-state index in [2.05, 4.69) is 25.4 Å². The van der Waals surface area contributed by atoms with Crippen molar-refractivity contribution in [3.63, 3.8) is 0 Å². The second-order valence-corrected chi connectivity index (χ2v) is 6.54. The lowest BCUT2D eigenvalue weighted by atomic mass is 10.2. The van der Waals surface area contributed by atoms with Crippen LogP contribution in [0.5, 0.6) is 0 Å². The van der Waals surface area contributed by atoms with Gasteiger partial charge in [0.05, 0.1) is 23.8 Å². The number of nitrogens with zero attached hydrogens (tertiary/aromatic N) is 5. The van der Waals surface area contributed by atoms with E-state index in [1.54, 1.807) is 36.7 Å². The van der Waals surface area contributed by atoms with Gasteiger partial charge in [0.2, 0.25) is 5.89 Å². The molecule has 4 heterocycles. The normalized spacial score (nSPS) is 10.7. The average Bonchev–Trinajstić information content (AvgIpc) is 3.36. The number of carbonyl (C=O) groups is 2. The van der Waals surface area contributed by atoms with Crippen molar-refractivity contribution in [3.05, 3.63) is 71.9 Å². The maximum atomic E-state index is 12.6. The van der Waals surface area contributed by atoms with Gasteiger partial charge < -0.3 is 15.5 Å². The number of aryl methyl sites for hydroxylation is 2. The summed E-state index contributed by atoms with van der Waals surface area (Å²) in [6.45, 7) is 3.69. The first kappa shape index (κ1) is 19.0. The Hall–Kier alpha value is -4.34. The van der Waals surface area contributed by atoms with Crippen LogP contribution >= 0.6 is 0 Å². The van der Waals surface area contributed by atoms with E-state index in [0.29, 0.717) is 11.3 Å². The lowest BCUT2D eigenvalue weighted by molar-refractivity contribution is 0.0996. The Bertz CT molecular complexity index is 1240. The van der Waals surface area contributed by atoms with Gasteiger partial charge in [-0.25, -0.2) is 9.67 Å². The zero-order chi connectivity index (χ0) is 21.3. The number of carbonyl (C=O) groups excluding carboxylic acids is 2. The fourth-order valence-electron chi connectivity index (χ4n) is 2.75. The Balaban J connectivity index is 1.60. The van der Waals surface area contributed by atoms with Gasteiger partial charge in [-0.15, -0.1) is 0 Å². The second-order valence-electron chi connectivity index (χ2n) is 6.54. The molecule has 10 nitrogen and oxygen atoms in total. The number of amides is 2. The number of primary amides is 1. The minimum atomic E-state index is -0.780. The SMILES string of the molecule is Cc1ccc(-n2cc(NC(=O)c3coc(-c4ccnc(C)c4)n3)c(C(N)=O)n2)cn1. The number of pyridine rings is 2. The van der Waals surface area contributed by atoms with E-state index in [-0.39, 0.29) is 23.0 Å². The van der Waals surface area contributed by atoms with Crippen LogP contribution in [0.15, 0.2) is 53.5 Å². The van der Waals surface area contributed by atoms with Crippen LogP contribution in [0.25, 0.3) is 17.1 Å². The van der Waals surface area contributed by atoms with Gasteiger partial charge >= 0.3 is 0 Å². The van der Waals surface area contributed by atoms with Crippen LogP contribution in [0.3, 0.4) is 0 Å². The van der Waals surface area contributed by atoms with Crippen molar-refractivity contribution in [3.8, 4) is 17.1 Å². The highest BCUT2D eigenvalue weighted by atomic mass is 16.3. The first-order chi connectivity index (χ1) is 14.4. The molecule has 0 aliphatic rings. The number of hydrogen-bond acceptors (Lipinski definition) is 7. The Morgan fingerprint density at radius 2 is 1.97 bits per heavy atom. The molecule has 4 aromatic rings. The summed E-state index contributed by atoms with van der Waals surface area (Å²) in [5.74, 6) is -1.07. The monoisotopic (exact) mass is 403 g/mol. The van der Waals surface area contributed by atoms with Crippen LogP contribution < -0.4 is 11.1 Å². The lowest BCUT2D eigenvalue weighted by Gasteiger charge is -2.01. The molecule has 0 aliphatic heterocycles. The van der Waals surface area contributed by atoms with Crippen molar-refractivity contribution >= 4 is 17.5 Å². The van der Waals surface area contributed by atoms with Gasteiger partial charge in [0.25, 0.3) is 11.8 Å². The molecule has 0 saturated heterocycles. The van der Waals surface area contributed by atoms with E-state index >= 15 is 0 Å². The molecule has 4 aromatic heterocycles. The number of anilines is 1. The van der Waals surface area contributed by atoms with Gasteiger partial charge in [0.1, 0.15) is 6.26 Å². The Morgan fingerprint density at radius 3 is 2.67 bits per heavy atom. The van der Waals surface area contributed by atoms with Crippen LogP contribution in [-0.4, -0.2) is 36.5 Å². The molecule has 0 spiro atoms. The molecule has 0 radical (unpaired) electrons. The number of rotatable bonds is 5. The fourth-order valence-corrected chi connectivity index (χ4v) is 2.75. The third kappa shape index (κ3) is 3.78. The number of nitrogens with one attached hydrogen (secondary N) is 1. The summed E-state index contributed by atoms with van der Waals surface area (Å²) in [6, 6.07) is 7.10. The highest BCUT2D eigenvalue weighted by Crippen LogP contribution is 2.21. The van der Waals surface area contributed by atoms with Crippen LogP contribution in [-0.2, 0) is 0 Å². The minimum absolute atomic E-state index is 0.0413. The standard InChI is InChI=1S/C20H17N7O3/c1-11-3-4-14(8-23-11)27-9-15(17(26-27)18(21)28)24-19(29)16-10-30-20(25-16)13-5-6-22-12(2)7-13/h3-10H,1-2H3,(H2,21,28)(H,24,29). The number of hydrogen-bond donors (Lipinski definition) is 2. The fraction of sp³-hybridized carbons (Fsp3) is 0.100. The van der Waals surface area contributed by atoms with Crippen molar-refractivity contribution in [1.82, 2.24) is 24.7 Å². The van der Waals surface area contributed by atoms with E-state index in [1.165, 1.54) is 17.1 Å². The van der Waals surface area contributed by atoms with E-state index < -0.39 is 11.8 Å². The third-order valence-electron chi connectivity index (χ3n) is 4.24. The van der Waals surface area contributed by atoms with Gasteiger partial charge in [0.15, 0.2) is 11.4 Å². The molecule has 10 heteroatoms. The molecule has 0 aromatic carbocycles. The topological polar surface area (TPSA) is 142 Å². The summed E-state index contributed by atoms with van der Waals surface area (Å²) >= 11 is 0. The molecule has 3 N–H and O–H groups in total. The van der Waals surface area contributed by atoms with Crippen LogP contribution in [0.4, 0.5) is 5.69 Å². The molecule has 0 aliphatic carbocycles. The van der Waals surface area contributed by atoms with Crippen LogP contribution in [0.1, 0.15) is 32.4 Å². The van der Waals surface area contributed by atoms with Gasteiger partial charge in [-0.2, -0.15) is 5.10 Å². The molecule has 0 atom stereocenters. The molecule has 30 heavy (non-hydrogen) atoms. The smallest absolute Gasteiger partial charge is 0.277 e. The second kappa shape index (κ2) is 7.59. The summed E-state index contributed by atoms with van der Waals surface area (Å²) in [5, 5.41) is 6.76. The van der Waals surface area contributed by atoms with Gasteiger partial charge in [-0.1, -0.05) is 0 Å². The van der Waals surface area contributed by atoms with Crippen LogP contribution in [0.2, 0.25) is 0 Å². The molecular formula is C20H17N7O3. The molecule has 0 saturated carbocycles. The quantitative estimate of drug-likeness (QED) is 0.520. The zero-order valence-electron chi connectivity index (χ0n) is 16.2.